The zero-order valence-corrected chi connectivity index (χ0v) is 36.4. The highest BCUT2D eigenvalue weighted by molar-refractivity contribution is 5.86. The van der Waals surface area contributed by atoms with Crippen LogP contribution in [0.2, 0.25) is 0 Å². The third-order valence-electron chi connectivity index (χ3n) is 7.00. The minimum atomic E-state index is -0.417. The van der Waals surface area contributed by atoms with Crippen LogP contribution in [0.5, 0.6) is 0 Å². The fourth-order valence-corrected chi connectivity index (χ4v) is 4.00. The number of hydrogen-bond acceptors (Lipinski definition) is 20. The molecule has 0 aliphatic heterocycles. The van der Waals surface area contributed by atoms with Crippen LogP contribution in [0.4, 0.5) is 0 Å². The summed E-state index contributed by atoms with van der Waals surface area (Å²) in [6, 6.07) is 0. The van der Waals surface area contributed by atoms with Crippen LogP contribution in [0.15, 0.2) is 12.2 Å². The van der Waals surface area contributed by atoms with Crippen molar-refractivity contribution in [2.24, 2.45) is 0 Å². The predicted molar refractivity (Wildman–Crippen MR) is 217 cm³/mol. The average Bonchev–Trinajstić information content (AvgIpc) is 3.25. The summed E-state index contributed by atoms with van der Waals surface area (Å²) in [5, 5.41) is 8.59. The van der Waals surface area contributed by atoms with E-state index in [2.05, 4.69) is 6.58 Å². The Bertz CT molecular complexity index is 845. The lowest BCUT2D eigenvalue weighted by Crippen LogP contribution is -2.16. The van der Waals surface area contributed by atoms with E-state index in [4.69, 9.17) is 90.4 Å². The topological polar surface area (TPSA) is 203 Å². The van der Waals surface area contributed by atoms with Gasteiger partial charge >= 0.3 is 5.97 Å². The normalized spacial score (nSPS) is 11.5. The van der Waals surface area contributed by atoms with Crippen LogP contribution in [-0.2, 0) is 90.1 Å². The van der Waals surface area contributed by atoms with Crippen LogP contribution in [0.1, 0.15) is 6.92 Å². The molecule has 0 aromatic carbocycles. The maximum absolute atomic E-state index is 11.2. The summed E-state index contributed by atoms with van der Waals surface area (Å²) < 4.78 is 97.2. The van der Waals surface area contributed by atoms with Crippen molar-refractivity contribution in [2.75, 3.05) is 238 Å². The molecule has 0 spiro atoms. The van der Waals surface area contributed by atoms with E-state index in [9.17, 15) is 4.79 Å². The van der Waals surface area contributed by atoms with E-state index in [1.807, 2.05) is 0 Å². The summed E-state index contributed by atoms with van der Waals surface area (Å²) in [4.78, 5) is 11.2. The van der Waals surface area contributed by atoms with Gasteiger partial charge in [-0.3, -0.25) is 0 Å². The van der Waals surface area contributed by atoms with E-state index >= 15 is 0 Å². The van der Waals surface area contributed by atoms with Crippen molar-refractivity contribution < 1.29 is 95.2 Å². The highest BCUT2D eigenvalue weighted by Crippen LogP contribution is 1.92. The number of hydrogen-bond donors (Lipinski definition) is 1. The molecular weight excluding hydrogens is 800 g/mol. The smallest absolute Gasteiger partial charge is 0.333 e. The summed E-state index contributed by atoms with van der Waals surface area (Å²) in [6.07, 6.45) is 0. The van der Waals surface area contributed by atoms with Gasteiger partial charge < -0.3 is 90.4 Å². The van der Waals surface area contributed by atoms with Gasteiger partial charge in [-0.05, 0) is 6.92 Å². The fraction of sp³-hybridized carbons (Fsp3) is 0.925. The number of aliphatic hydroxyl groups excluding tert-OH is 1. The highest BCUT2D eigenvalue weighted by Gasteiger charge is 2.02. The first-order valence-electron chi connectivity index (χ1n) is 20.9. The number of aliphatic hydroxyl groups is 1. The second kappa shape index (κ2) is 53.6. The molecule has 0 bridgehead atoms. The molecule has 0 heterocycles. The van der Waals surface area contributed by atoms with Crippen molar-refractivity contribution in [3.8, 4) is 0 Å². The third-order valence-corrected chi connectivity index (χ3v) is 7.00. The van der Waals surface area contributed by atoms with Crippen LogP contribution >= 0.6 is 0 Å². The van der Waals surface area contributed by atoms with Crippen LogP contribution < -0.4 is 0 Å². The summed E-state index contributed by atoms with van der Waals surface area (Å²) >= 11 is 0. The Balaban J connectivity index is 3.08. The van der Waals surface area contributed by atoms with Crippen molar-refractivity contribution in [2.45, 2.75) is 6.92 Å². The molecule has 1 N–H and O–H groups in total. The molecule has 0 aliphatic carbocycles. The molecule has 0 fully saturated rings. The largest absolute Gasteiger partial charge is 0.460 e. The monoisotopic (exact) mass is 879 g/mol. The number of esters is 1. The summed E-state index contributed by atoms with van der Waals surface area (Å²) in [6.45, 7) is 21.4. The molecule has 20 nitrogen and oxygen atoms in total. The molecule has 60 heavy (non-hydrogen) atoms. The van der Waals surface area contributed by atoms with Crippen molar-refractivity contribution >= 4 is 5.97 Å². The summed E-state index contributed by atoms with van der Waals surface area (Å²) in [7, 11) is 0. The zero-order chi connectivity index (χ0) is 43.3. The van der Waals surface area contributed by atoms with E-state index in [0.717, 1.165) is 0 Å². The molecular formula is C40H78O20. The van der Waals surface area contributed by atoms with Crippen LogP contribution in [0.25, 0.3) is 0 Å². The molecule has 0 aromatic heterocycles. The molecule has 20 heteroatoms. The Morgan fingerprint density at radius 2 is 0.417 bits per heavy atom. The first-order valence-corrected chi connectivity index (χ1v) is 20.9. The highest BCUT2D eigenvalue weighted by atomic mass is 16.6. The van der Waals surface area contributed by atoms with E-state index < -0.39 is 5.97 Å². The lowest BCUT2D eigenvalue weighted by molar-refractivity contribution is -0.140. The SMILES string of the molecule is C=C(C)C(=O)OCCOCCOCCOCCOCCOCCOCCOCCOCCOCCOCCOCCOCCOCCOCCOCCOCCOCCO. The summed E-state index contributed by atoms with van der Waals surface area (Å²) in [5.41, 5.74) is 0.365. The number of carbonyl (C=O) groups excluding carboxylic acids is 1. The first kappa shape index (κ1) is 58.5. The van der Waals surface area contributed by atoms with Crippen molar-refractivity contribution in [1.29, 1.82) is 0 Å². The molecule has 0 amide bonds. The Morgan fingerprint density at radius 1 is 0.283 bits per heavy atom. The molecule has 0 radical (unpaired) electrons. The minimum absolute atomic E-state index is 0.0190. The Kier molecular flexibility index (Phi) is 52.3. The molecule has 0 aromatic rings. The van der Waals surface area contributed by atoms with Gasteiger partial charge in [0.15, 0.2) is 0 Å². The first-order chi connectivity index (χ1) is 29.7. The van der Waals surface area contributed by atoms with E-state index in [0.29, 0.717) is 230 Å². The van der Waals surface area contributed by atoms with Crippen LogP contribution in [0.3, 0.4) is 0 Å². The van der Waals surface area contributed by atoms with Gasteiger partial charge in [0.05, 0.1) is 231 Å². The van der Waals surface area contributed by atoms with Crippen molar-refractivity contribution in [3.05, 3.63) is 12.2 Å². The van der Waals surface area contributed by atoms with Crippen molar-refractivity contribution in [3.63, 3.8) is 0 Å². The average molecular weight is 879 g/mol. The molecule has 358 valence electrons. The maximum atomic E-state index is 11.2. The number of rotatable bonds is 54. The zero-order valence-electron chi connectivity index (χ0n) is 36.4. The van der Waals surface area contributed by atoms with Gasteiger partial charge in [-0.15, -0.1) is 0 Å². The number of carbonyl (C=O) groups is 1. The van der Waals surface area contributed by atoms with E-state index in [1.165, 1.54) is 0 Å². The van der Waals surface area contributed by atoms with Gasteiger partial charge in [-0.1, -0.05) is 6.58 Å². The minimum Gasteiger partial charge on any atom is -0.460 e. The third kappa shape index (κ3) is 52.6. The van der Waals surface area contributed by atoms with Crippen LogP contribution in [-0.4, -0.2) is 249 Å². The van der Waals surface area contributed by atoms with Crippen LogP contribution in [0, 0.1) is 0 Å². The number of ether oxygens (including phenoxy) is 18. The molecule has 0 saturated heterocycles. The molecule has 0 rings (SSSR count). The van der Waals surface area contributed by atoms with Gasteiger partial charge in [0.1, 0.15) is 6.61 Å². The van der Waals surface area contributed by atoms with E-state index in [-0.39, 0.29) is 13.2 Å². The maximum Gasteiger partial charge on any atom is 0.333 e. The molecule has 0 unspecified atom stereocenters. The fourth-order valence-electron chi connectivity index (χ4n) is 4.00. The van der Waals surface area contributed by atoms with Gasteiger partial charge in [-0.25, -0.2) is 4.79 Å². The van der Waals surface area contributed by atoms with Gasteiger partial charge in [0.2, 0.25) is 0 Å². The lowest BCUT2D eigenvalue weighted by Gasteiger charge is -2.09. The lowest BCUT2D eigenvalue weighted by atomic mass is 10.4. The Morgan fingerprint density at radius 3 is 0.550 bits per heavy atom. The molecule has 0 saturated carbocycles. The van der Waals surface area contributed by atoms with E-state index in [1.54, 1.807) is 6.92 Å². The standard InChI is InChI=1S/C40H78O20/c1-39(2)40(42)60-38-37-59-36-35-58-34-33-57-32-31-56-30-29-55-28-27-54-26-25-53-24-23-52-22-21-51-20-19-50-18-17-49-16-15-48-14-13-47-12-11-46-10-9-45-8-7-44-6-5-43-4-3-41/h41H,1,3-38H2,2H3. The predicted octanol–water partition coefficient (Wildman–Crippen LogP) is 0.380. The Labute approximate surface area is 357 Å². The van der Waals surface area contributed by atoms with Gasteiger partial charge in [0.25, 0.3) is 0 Å². The second-order valence-electron chi connectivity index (χ2n) is 12.1. The van der Waals surface area contributed by atoms with Gasteiger partial charge in [-0.2, -0.15) is 0 Å². The molecule has 0 atom stereocenters. The summed E-state index contributed by atoms with van der Waals surface area (Å²) in [5.74, 6) is -0.417. The quantitative estimate of drug-likeness (QED) is 0.0499. The molecule has 0 aliphatic rings. The second-order valence-corrected chi connectivity index (χ2v) is 12.1. The van der Waals surface area contributed by atoms with Gasteiger partial charge in [0, 0.05) is 5.57 Å². The van der Waals surface area contributed by atoms with Crippen molar-refractivity contribution in [1.82, 2.24) is 0 Å². The Hall–Kier alpha value is -1.51.